The molecule has 9 aromatic rings. The molecule has 55 heavy (non-hydrogen) atoms. The molecular weight excluding hydrogens is 671 g/mol. The molecule has 11 rings (SSSR count). The Hall–Kier alpha value is -6.65. The van der Waals surface area contributed by atoms with Crippen molar-refractivity contribution in [2.45, 2.75) is 37.5 Å². The van der Waals surface area contributed by atoms with Crippen molar-refractivity contribution in [3.63, 3.8) is 0 Å². The Kier molecular flexibility index (Phi) is 7.38. The van der Waals surface area contributed by atoms with Crippen LogP contribution in [0.2, 0.25) is 0 Å². The minimum absolute atomic E-state index is 0.131. The molecule has 0 aliphatic heterocycles. The van der Waals surface area contributed by atoms with Gasteiger partial charge in [-0.2, -0.15) is 0 Å². The van der Waals surface area contributed by atoms with Crippen LogP contribution in [0.4, 0.5) is 0 Å². The second-order valence-electron chi connectivity index (χ2n) is 15.1. The lowest BCUT2D eigenvalue weighted by atomic mass is 9.68. The van der Waals surface area contributed by atoms with Crippen molar-refractivity contribution in [1.29, 1.82) is 0 Å². The Bertz CT molecular complexity index is 2920. The van der Waals surface area contributed by atoms with Crippen LogP contribution in [0.1, 0.15) is 43.2 Å². The van der Waals surface area contributed by atoms with Crippen LogP contribution in [0.5, 0.6) is 0 Å². The fourth-order valence-electron chi connectivity index (χ4n) is 9.36. The molecule has 0 amide bonds. The van der Waals surface area contributed by atoms with E-state index in [0.29, 0.717) is 17.5 Å². The number of para-hydroxylation sites is 1. The van der Waals surface area contributed by atoms with Gasteiger partial charge in [0.25, 0.3) is 0 Å². The smallest absolute Gasteiger partial charge is 0.164 e. The van der Waals surface area contributed by atoms with E-state index in [1.54, 1.807) is 0 Å². The van der Waals surface area contributed by atoms with Crippen LogP contribution in [0, 0.1) is 0 Å². The minimum Gasteiger partial charge on any atom is -0.456 e. The summed E-state index contributed by atoms with van der Waals surface area (Å²) in [4.78, 5) is 15.1. The molecule has 2 aliphatic carbocycles. The highest BCUT2D eigenvalue weighted by Crippen LogP contribution is 2.57. The average Bonchev–Trinajstić information content (AvgIpc) is 3.77. The largest absolute Gasteiger partial charge is 0.456 e. The molecule has 2 heterocycles. The predicted molar refractivity (Wildman–Crippen MR) is 224 cm³/mol. The second-order valence-corrected chi connectivity index (χ2v) is 15.1. The molecule has 0 N–H and O–H groups in total. The van der Waals surface area contributed by atoms with Crippen LogP contribution in [0.25, 0.3) is 89.5 Å². The third-order valence-corrected chi connectivity index (χ3v) is 11.9. The highest BCUT2D eigenvalue weighted by atomic mass is 16.3. The molecule has 0 bridgehead atoms. The van der Waals surface area contributed by atoms with Crippen molar-refractivity contribution >= 4 is 21.9 Å². The summed E-state index contributed by atoms with van der Waals surface area (Å²) < 4.78 is 6.25. The first-order valence-corrected chi connectivity index (χ1v) is 19.4. The molecule has 4 heteroatoms. The van der Waals surface area contributed by atoms with E-state index in [-0.39, 0.29) is 5.41 Å². The van der Waals surface area contributed by atoms with Crippen LogP contribution >= 0.6 is 0 Å². The standard InChI is InChI=1S/C51H37N3O/c1-3-14-33(15-4-1)48-52-49(54-50(53-48)38-26-27-41-40-20-6-8-25-45(40)55-46(41)32-38)37-19-12-17-35(31-37)34-16-11-18-36(30-34)39-22-13-24-44-47(39)42-21-5-7-23-43(42)51(44)28-9-2-10-29-51/h1,3-8,11-27,30-32H,2,9-10,28-29H2. The Morgan fingerprint density at radius 2 is 0.945 bits per heavy atom. The molecule has 0 radical (unpaired) electrons. The van der Waals surface area contributed by atoms with E-state index in [4.69, 9.17) is 19.4 Å². The number of furan rings is 1. The number of rotatable bonds is 5. The van der Waals surface area contributed by atoms with Crippen molar-refractivity contribution in [2.24, 2.45) is 0 Å². The third kappa shape index (κ3) is 5.24. The van der Waals surface area contributed by atoms with E-state index in [1.165, 1.54) is 65.5 Å². The molecule has 0 saturated heterocycles. The fourth-order valence-corrected chi connectivity index (χ4v) is 9.36. The van der Waals surface area contributed by atoms with Crippen LogP contribution in [0.3, 0.4) is 0 Å². The summed E-state index contributed by atoms with van der Waals surface area (Å²) >= 11 is 0. The maximum atomic E-state index is 6.25. The van der Waals surface area contributed by atoms with Crippen LogP contribution < -0.4 is 0 Å². The summed E-state index contributed by atoms with van der Waals surface area (Å²) in [6.07, 6.45) is 6.36. The van der Waals surface area contributed by atoms with Gasteiger partial charge in [-0.1, -0.05) is 153 Å². The summed E-state index contributed by atoms with van der Waals surface area (Å²) in [5, 5.41) is 2.17. The Balaban J connectivity index is 1.01. The van der Waals surface area contributed by atoms with Crippen LogP contribution in [-0.4, -0.2) is 15.0 Å². The van der Waals surface area contributed by atoms with Crippen molar-refractivity contribution in [2.75, 3.05) is 0 Å². The summed E-state index contributed by atoms with van der Waals surface area (Å²) in [5.41, 5.74) is 15.2. The zero-order valence-corrected chi connectivity index (χ0v) is 30.4. The first-order chi connectivity index (χ1) is 27.2. The first-order valence-electron chi connectivity index (χ1n) is 19.4. The maximum Gasteiger partial charge on any atom is 0.164 e. The zero-order valence-electron chi connectivity index (χ0n) is 30.4. The Morgan fingerprint density at radius 1 is 0.382 bits per heavy atom. The number of hydrogen-bond donors (Lipinski definition) is 0. The molecule has 1 fully saturated rings. The van der Waals surface area contributed by atoms with Gasteiger partial charge in [0, 0.05) is 32.9 Å². The number of hydrogen-bond acceptors (Lipinski definition) is 4. The predicted octanol–water partition coefficient (Wildman–Crippen LogP) is 13.3. The fraction of sp³-hybridized carbons (Fsp3) is 0.118. The summed E-state index contributed by atoms with van der Waals surface area (Å²) in [6.45, 7) is 0. The number of nitrogens with zero attached hydrogens (tertiary/aromatic N) is 3. The van der Waals surface area contributed by atoms with Gasteiger partial charge in [-0.05, 0) is 87.7 Å². The molecule has 1 saturated carbocycles. The van der Waals surface area contributed by atoms with Gasteiger partial charge in [-0.3, -0.25) is 0 Å². The molecule has 2 aliphatic rings. The van der Waals surface area contributed by atoms with Gasteiger partial charge in [0.1, 0.15) is 11.2 Å². The highest BCUT2D eigenvalue weighted by Gasteiger charge is 2.44. The van der Waals surface area contributed by atoms with E-state index in [0.717, 1.165) is 49.8 Å². The maximum absolute atomic E-state index is 6.25. The lowest BCUT2D eigenvalue weighted by Gasteiger charge is -2.36. The molecular formula is C51H37N3O. The number of benzene rings is 7. The summed E-state index contributed by atoms with van der Waals surface area (Å²) in [6, 6.07) is 58.2. The lowest BCUT2D eigenvalue weighted by molar-refractivity contribution is 0.353. The monoisotopic (exact) mass is 707 g/mol. The van der Waals surface area contributed by atoms with Gasteiger partial charge in [0.15, 0.2) is 17.5 Å². The van der Waals surface area contributed by atoms with Gasteiger partial charge in [0.05, 0.1) is 0 Å². The molecule has 4 nitrogen and oxygen atoms in total. The quantitative estimate of drug-likeness (QED) is 0.179. The third-order valence-electron chi connectivity index (χ3n) is 11.9. The molecule has 0 unspecified atom stereocenters. The summed E-state index contributed by atoms with van der Waals surface area (Å²) in [7, 11) is 0. The average molecular weight is 708 g/mol. The molecule has 0 atom stereocenters. The van der Waals surface area contributed by atoms with Crippen LogP contribution in [0.15, 0.2) is 168 Å². The van der Waals surface area contributed by atoms with Crippen molar-refractivity contribution in [1.82, 2.24) is 15.0 Å². The molecule has 262 valence electrons. The van der Waals surface area contributed by atoms with Gasteiger partial charge < -0.3 is 4.42 Å². The normalized spacial score (nSPS) is 14.3. The lowest BCUT2D eigenvalue weighted by Crippen LogP contribution is -2.27. The Morgan fingerprint density at radius 3 is 1.76 bits per heavy atom. The van der Waals surface area contributed by atoms with Crippen molar-refractivity contribution < 1.29 is 4.42 Å². The minimum atomic E-state index is 0.131. The van der Waals surface area contributed by atoms with E-state index < -0.39 is 0 Å². The van der Waals surface area contributed by atoms with Gasteiger partial charge in [-0.15, -0.1) is 0 Å². The van der Waals surface area contributed by atoms with Crippen molar-refractivity contribution in [3.05, 3.63) is 175 Å². The first kappa shape index (κ1) is 31.8. The van der Waals surface area contributed by atoms with E-state index in [2.05, 4.69) is 109 Å². The van der Waals surface area contributed by atoms with E-state index in [9.17, 15) is 0 Å². The number of fused-ring (bicyclic) bond motifs is 8. The van der Waals surface area contributed by atoms with Crippen LogP contribution in [-0.2, 0) is 5.41 Å². The molecule has 2 aromatic heterocycles. The summed E-state index contributed by atoms with van der Waals surface area (Å²) in [5.74, 6) is 1.86. The van der Waals surface area contributed by atoms with Gasteiger partial charge in [-0.25, -0.2) is 15.0 Å². The SMILES string of the molecule is c1ccc(-c2nc(-c3cccc(-c4cccc(-c5cccc6c5-c5ccccc5C65CCCCC5)c4)c3)nc(-c3ccc4c(c3)oc3ccccc34)n2)cc1. The molecule has 7 aromatic carbocycles. The highest BCUT2D eigenvalue weighted by molar-refractivity contribution is 6.05. The zero-order chi connectivity index (χ0) is 36.3. The van der Waals surface area contributed by atoms with E-state index >= 15 is 0 Å². The van der Waals surface area contributed by atoms with Gasteiger partial charge in [0.2, 0.25) is 0 Å². The second kappa shape index (κ2) is 12.7. The van der Waals surface area contributed by atoms with E-state index in [1.807, 2.05) is 54.6 Å². The van der Waals surface area contributed by atoms with Gasteiger partial charge >= 0.3 is 0 Å². The van der Waals surface area contributed by atoms with Crippen molar-refractivity contribution in [3.8, 4) is 67.5 Å². The number of aromatic nitrogens is 3. The Labute approximate surface area is 320 Å². The topological polar surface area (TPSA) is 51.8 Å². The molecule has 1 spiro atoms.